The molecule has 2 bridgehead atoms. The summed E-state index contributed by atoms with van der Waals surface area (Å²) in [7, 11) is 2.20. The third-order valence-corrected chi connectivity index (χ3v) is 8.39. The molecule has 2 aliphatic heterocycles. The third kappa shape index (κ3) is 3.79. The average Bonchev–Trinajstić information content (AvgIpc) is 3.33. The first-order valence-electron chi connectivity index (χ1n) is 11.3. The van der Waals surface area contributed by atoms with Crippen LogP contribution in [0, 0.1) is 5.82 Å². The lowest BCUT2D eigenvalue weighted by Crippen LogP contribution is -2.43. The molecular formula is C25H22ClFN4O2S. The van der Waals surface area contributed by atoms with Crippen molar-refractivity contribution in [3.63, 3.8) is 0 Å². The van der Waals surface area contributed by atoms with Crippen LogP contribution in [0.25, 0.3) is 26.5 Å². The fourth-order valence-corrected chi connectivity index (χ4v) is 6.35. The van der Waals surface area contributed by atoms with Crippen LogP contribution in [0.5, 0.6) is 5.75 Å². The van der Waals surface area contributed by atoms with Gasteiger partial charge in [-0.2, -0.15) is 0 Å². The summed E-state index contributed by atoms with van der Waals surface area (Å²) < 4.78 is 21.5. The van der Waals surface area contributed by atoms with E-state index in [2.05, 4.69) is 21.9 Å². The number of aromatic nitrogens is 3. The zero-order valence-electron chi connectivity index (χ0n) is 18.4. The fraction of sp³-hybridized carbons (Fsp3) is 0.320. The van der Waals surface area contributed by atoms with E-state index >= 15 is 0 Å². The quantitative estimate of drug-likeness (QED) is 0.383. The smallest absolute Gasteiger partial charge is 0.275 e. The molecule has 1 aromatic carbocycles. The third-order valence-electron chi connectivity index (χ3n) is 6.96. The van der Waals surface area contributed by atoms with Crippen molar-refractivity contribution in [3.8, 4) is 22.0 Å². The van der Waals surface area contributed by atoms with Gasteiger partial charge < -0.3 is 9.64 Å². The van der Waals surface area contributed by atoms with Crippen LogP contribution < -0.4 is 10.3 Å². The molecule has 0 amide bonds. The lowest BCUT2D eigenvalue weighted by Gasteiger charge is -2.36. The van der Waals surface area contributed by atoms with Crippen LogP contribution >= 0.6 is 22.9 Å². The highest BCUT2D eigenvalue weighted by Gasteiger charge is 2.39. The molecule has 6 rings (SSSR count). The molecule has 34 heavy (non-hydrogen) atoms. The molecule has 3 aromatic heterocycles. The summed E-state index contributed by atoms with van der Waals surface area (Å²) in [5.41, 5.74) is 1.60. The van der Waals surface area contributed by atoms with Gasteiger partial charge in [0.1, 0.15) is 28.7 Å². The van der Waals surface area contributed by atoms with Crippen LogP contribution in [-0.4, -0.2) is 44.7 Å². The minimum Gasteiger partial charge on any atom is -0.489 e. The molecule has 0 radical (unpaired) electrons. The number of thiophene rings is 1. The van der Waals surface area contributed by atoms with E-state index in [0.29, 0.717) is 44.5 Å². The van der Waals surface area contributed by atoms with E-state index in [1.807, 2.05) is 12.1 Å². The van der Waals surface area contributed by atoms with E-state index < -0.39 is 5.82 Å². The summed E-state index contributed by atoms with van der Waals surface area (Å²) in [6.07, 6.45) is 7.29. The van der Waals surface area contributed by atoms with Gasteiger partial charge in [-0.1, -0.05) is 11.6 Å². The van der Waals surface area contributed by atoms with Gasteiger partial charge in [0.25, 0.3) is 5.56 Å². The first kappa shape index (κ1) is 21.7. The molecule has 2 atom stereocenters. The standard InChI is InChI=1S/C25H22ClFN4O2S/c1-30-15-3-4-16(30)9-18(8-15)33-22-7-5-17(10-19(22)26)31-13-29-21-11-23(34-24(21)25(31)32)20-6-2-14(27)12-28-20/h2,5-7,10-13,15-16,18H,3-4,8-9H2,1H3. The Labute approximate surface area is 204 Å². The summed E-state index contributed by atoms with van der Waals surface area (Å²) in [6, 6.07) is 11.3. The van der Waals surface area contributed by atoms with E-state index in [0.717, 1.165) is 23.9 Å². The Morgan fingerprint density at radius 3 is 2.62 bits per heavy atom. The molecule has 4 aromatic rings. The van der Waals surface area contributed by atoms with Gasteiger partial charge in [-0.05, 0) is 69.1 Å². The van der Waals surface area contributed by atoms with Crippen LogP contribution in [0.2, 0.25) is 5.02 Å². The number of hydrogen-bond acceptors (Lipinski definition) is 6. The van der Waals surface area contributed by atoms with Crippen LogP contribution in [0.1, 0.15) is 25.7 Å². The molecule has 0 N–H and O–H groups in total. The van der Waals surface area contributed by atoms with Crippen molar-refractivity contribution >= 4 is 33.2 Å². The van der Waals surface area contributed by atoms with Gasteiger partial charge in [-0.3, -0.25) is 14.3 Å². The van der Waals surface area contributed by atoms with Gasteiger partial charge >= 0.3 is 0 Å². The van der Waals surface area contributed by atoms with Crippen LogP contribution in [0.15, 0.2) is 53.7 Å². The van der Waals surface area contributed by atoms with Crippen molar-refractivity contribution in [1.82, 2.24) is 19.4 Å². The largest absolute Gasteiger partial charge is 0.489 e. The maximum Gasteiger partial charge on any atom is 0.275 e. The number of ether oxygens (including phenoxy) is 1. The second-order valence-electron chi connectivity index (χ2n) is 8.98. The first-order valence-corrected chi connectivity index (χ1v) is 12.5. The van der Waals surface area contributed by atoms with Crippen molar-refractivity contribution in [2.24, 2.45) is 0 Å². The number of pyridine rings is 1. The maximum absolute atomic E-state index is 13.2. The predicted octanol–water partition coefficient (Wildman–Crippen LogP) is 5.31. The number of benzene rings is 1. The van der Waals surface area contributed by atoms with E-state index in [9.17, 15) is 9.18 Å². The number of halogens is 2. The zero-order chi connectivity index (χ0) is 23.4. The lowest BCUT2D eigenvalue weighted by atomic mass is 10.0. The average molecular weight is 497 g/mol. The molecule has 0 aliphatic carbocycles. The Morgan fingerprint density at radius 2 is 1.91 bits per heavy atom. The lowest BCUT2D eigenvalue weighted by molar-refractivity contribution is 0.0662. The molecule has 6 nitrogen and oxygen atoms in total. The second kappa shape index (κ2) is 8.45. The minimum atomic E-state index is -0.405. The molecule has 174 valence electrons. The number of hydrogen-bond donors (Lipinski definition) is 0. The van der Waals surface area contributed by atoms with Gasteiger partial charge in [-0.25, -0.2) is 9.37 Å². The van der Waals surface area contributed by atoms with Crippen LogP contribution in [-0.2, 0) is 0 Å². The maximum atomic E-state index is 13.2. The molecule has 2 fully saturated rings. The van der Waals surface area contributed by atoms with Crippen molar-refractivity contribution < 1.29 is 9.13 Å². The highest BCUT2D eigenvalue weighted by molar-refractivity contribution is 7.22. The number of nitrogens with zero attached hydrogens (tertiary/aromatic N) is 4. The Balaban J connectivity index is 1.27. The molecule has 5 heterocycles. The Kier molecular flexibility index (Phi) is 5.39. The van der Waals surface area contributed by atoms with Crippen molar-refractivity contribution in [2.75, 3.05) is 7.05 Å². The van der Waals surface area contributed by atoms with Gasteiger partial charge in [0, 0.05) is 12.1 Å². The molecule has 2 aliphatic rings. The zero-order valence-corrected chi connectivity index (χ0v) is 20.0. The van der Waals surface area contributed by atoms with Gasteiger partial charge in [0.2, 0.25) is 0 Å². The Bertz CT molecular complexity index is 1420. The molecular weight excluding hydrogens is 475 g/mol. The second-order valence-corrected chi connectivity index (χ2v) is 10.4. The molecule has 2 saturated heterocycles. The van der Waals surface area contributed by atoms with E-state index in [4.69, 9.17) is 16.3 Å². The summed E-state index contributed by atoms with van der Waals surface area (Å²) in [6.45, 7) is 0. The monoisotopic (exact) mass is 496 g/mol. The van der Waals surface area contributed by atoms with Crippen LogP contribution in [0.4, 0.5) is 4.39 Å². The summed E-state index contributed by atoms with van der Waals surface area (Å²) in [5.74, 6) is 0.236. The summed E-state index contributed by atoms with van der Waals surface area (Å²) in [4.78, 5) is 25.0. The first-order chi connectivity index (χ1) is 16.5. The number of rotatable bonds is 4. The van der Waals surface area contributed by atoms with E-state index in [-0.39, 0.29) is 11.7 Å². The SMILES string of the molecule is CN1C2CCC1CC(Oc1ccc(-n3cnc4cc(-c5ccc(F)cn5)sc4c3=O)cc1Cl)C2. The highest BCUT2D eigenvalue weighted by Crippen LogP contribution is 2.37. The Hall–Kier alpha value is -2.81. The van der Waals surface area contributed by atoms with Gasteiger partial charge in [0.05, 0.1) is 33.0 Å². The summed E-state index contributed by atoms with van der Waals surface area (Å²) >= 11 is 7.86. The Morgan fingerprint density at radius 1 is 1.12 bits per heavy atom. The molecule has 2 unspecified atom stereocenters. The normalized spacial score (nSPS) is 22.4. The van der Waals surface area contributed by atoms with E-state index in [1.54, 1.807) is 18.2 Å². The fourth-order valence-electron chi connectivity index (χ4n) is 5.12. The predicted molar refractivity (Wildman–Crippen MR) is 132 cm³/mol. The highest BCUT2D eigenvalue weighted by atomic mass is 35.5. The number of fused-ring (bicyclic) bond motifs is 3. The topological polar surface area (TPSA) is 60.2 Å². The molecule has 0 saturated carbocycles. The minimum absolute atomic E-state index is 0.155. The van der Waals surface area contributed by atoms with Crippen molar-refractivity contribution in [1.29, 1.82) is 0 Å². The molecule has 0 spiro atoms. The van der Waals surface area contributed by atoms with Crippen LogP contribution in [0.3, 0.4) is 0 Å². The van der Waals surface area contributed by atoms with Gasteiger partial charge in [-0.15, -0.1) is 11.3 Å². The molecule has 9 heteroatoms. The number of piperidine rings is 1. The van der Waals surface area contributed by atoms with Crippen molar-refractivity contribution in [2.45, 2.75) is 43.9 Å². The van der Waals surface area contributed by atoms with Gasteiger partial charge in [0.15, 0.2) is 0 Å². The summed E-state index contributed by atoms with van der Waals surface area (Å²) in [5, 5.41) is 0.471. The van der Waals surface area contributed by atoms with Crippen molar-refractivity contribution in [3.05, 3.63) is 70.1 Å². The van der Waals surface area contributed by atoms with E-state index in [1.165, 1.54) is 41.1 Å².